The summed E-state index contributed by atoms with van der Waals surface area (Å²) in [5, 5.41) is 19.9. The predicted molar refractivity (Wildman–Crippen MR) is 89.7 cm³/mol. The quantitative estimate of drug-likeness (QED) is 0.896. The molecule has 2 rings (SSSR count). The Bertz CT molecular complexity index is 722. The molecule has 0 spiro atoms. The summed E-state index contributed by atoms with van der Waals surface area (Å²) in [6.07, 6.45) is 0. The molecule has 1 N–H and O–H groups in total. The van der Waals surface area contributed by atoms with Gasteiger partial charge >= 0.3 is 0 Å². The molecule has 0 unspecified atom stereocenters. The first-order valence-electron chi connectivity index (χ1n) is 6.77. The normalized spacial score (nSPS) is 10.0. The topological polar surface area (TPSA) is 81.9 Å². The van der Waals surface area contributed by atoms with Crippen molar-refractivity contribution in [3.8, 4) is 6.07 Å². The lowest BCUT2D eigenvalue weighted by Crippen LogP contribution is -2.34. The second-order valence-corrected chi connectivity index (χ2v) is 5.36. The van der Waals surface area contributed by atoms with Crippen LogP contribution in [-0.2, 0) is 4.79 Å². The number of hydrogen-bond acceptors (Lipinski definition) is 5. The highest BCUT2D eigenvalue weighted by Gasteiger charge is 2.14. The monoisotopic (exact) mass is 349 g/mol. The van der Waals surface area contributed by atoms with Crippen LogP contribution in [0.25, 0.3) is 0 Å². The molecular weight excluding hydrogens is 337 g/mol. The van der Waals surface area contributed by atoms with Gasteiger partial charge in [0.2, 0.25) is 5.91 Å². The second-order valence-electron chi connectivity index (χ2n) is 4.55. The van der Waals surface area contributed by atoms with E-state index in [1.165, 1.54) is 0 Å². The maximum Gasteiger partial charge on any atom is 0.244 e. The molecule has 6 nitrogen and oxygen atoms in total. The third-order valence-electron chi connectivity index (χ3n) is 3.03. The van der Waals surface area contributed by atoms with Crippen LogP contribution in [0.15, 0.2) is 30.3 Å². The van der Waals surface area contributed by atoms with Crippen molar-refractivity contribution >= 4 is 40.6 Å². The molecule has 0 aliphatic rings. The van der Waals surface area contributed by atoms with Crippen LogP contribution in [0.2, 0.25) is 10.0 Å². The Kier molecular flexibility index (Phi) is 5.74. The largest absolute Gasteiger partial charge is 0.346 e. The van der Waals surface area contributed by atoms with E-state index in [1.807, 2.05) is 13.0 Å². The molecule has 0 fully saturated rings. The minimum atomic E-state index is -0.284. The van der Waals surface area contributed by atoms with Gasteiger partial charge in [0.15, 0.2) is 11.5 Å². The summed E-state index contributed by atoms with van der Waals surface area (Å²) in [7, 11) is 0. The summed E-state index contributed by atoms with van der Waals surface area (Å²) in [6, 6.07) is 10.1. The van der Waals surface area contributed by atoms with Crippen LogP contribution in [-0.4, -0.2) is 29.2 Å². The fourth-order valence-electron chi connectivity index (χ4n) is 1.88. The van der Waals surface area contributed by atoms with Gasteiger partial charge in [-0.3, -0.25) is 4.79 Å². The van der Waals surface area contributed by atoms with Gasteiger partial charge in [0.05, 0.1) is 22.3 Å². The SMILES string of the molecule is CCN(CC(=O)Nc1c(Cl)cccc1Cl)c1ccc(C#N)nn1. The molecule has 0 aliphatic heterocycles. The minimum Gasteiger partial charge on any atom is -0.346 e. The van der Waals surface area contributed by atoms with Gasteiger partial charge in [-0.15, -0.1) is 10.2 Å². The lowest BCUT2D eigenvalue weighted by atomic mass is 10.3. The standard InChI is InChI=1S/C15H13Cl2N5O/c1-2-22(13-7-6-10(8-18)20-21-13)9-14(23)19-15-11(16)4-3-5-12(15)17/h3-7H,2,9H2,1H3,(H,19,23). The number of carbonyl (C=O) groups excluding carboxylic acids is 1. The molecule has 0 atom stereocenters. The Morgan fingerprint density at radius 1 is 1.26 bits per heavy atom. The van der Waals surface area contributed by atoms with E-state index in [1.54, 1.807) is 35.2 Å². The molecule has 1 heterocycles. The van der Waals surface area contributed by atoms with Crippen LogP contribution < -0.4 is 10.2 Å². The third-order valence-corrected chi connectivity index (χ3v) is 3.66. The maximum atomic E-state index is 12.2. The maximum absolute atomic E-state index is 12.2. The van der Waals surface area contributed by atoms with E-state index in [0.29, 0.717) is 28.1 Å². The van der Waals surface area contributed by atoms with Gasteiger partial charge in [-0.05, 0) is 31.2 Å². The fraction of sp³-hybridized carbons (Fsp3) is 0.200. The lowest BCUT2D eigenvalue weighted by molar-refractivity contribution is -0.115. The van der Waals surface area contributed by atoms with Crippen LogP contribution in [0, 0.1) is 11.3 Å². The van der Waals surface area contributed by atoms with E-state index in [9.17, 15) is 4.79 Å². The average Bonchev–Trinajstić information content (AvgIpc) is 2.56. The number of hydrogen-bond donors (Lipinski definition) is 1. The van der Waals surface area contributed by atoms with Crippen LogP contribution in [0.3, 0.4) is 0 Å². The first-order chi connectivity index (χ1) is 11.0. The number of amides is 1. The molecule has 0 saturated carbocycles. The van der Waals surface area contributed by atoms with Crippen molar-refractivity contribution in [1.82, 2.24) is 10.2 Å². The average molecular weight is 350 g/mol. The third kappa shape index (κ3) is 4.31. The van der Waals surface area contributed by atoms with E-state index in [0.717, 1.165) is 0 Å². The number of para-hydroxylation sites is 1. The van der Waals surface area contributed by atoms with Gasteiger partial charge < -0.3 is 10.2 Å². The molecule has 2 aromatic rings. The van der Waals surface area contributed by atoms with Crippen LogP contribution in [0.4, 0.5) is 11.5 Å². The van der Waals surface area contributed by atoms with Gasteiger partial charge in [0.25, 0.3) is 0 Å². The molecule has 118 valence electrons. The number of likely N-dealkylation sites (N-methyl/N-ethyl adjacent to an activating group) is 1. The molecule has 1 amide bonds. The summed E-state index contributed by atoms with van der Waals surface area (Å²) in [6.45, 7) is 2.48. The summed E-state index contributed by atoms with van der Waals surface area (Å²) in [5.74, 6) is 0.222. The summed E-state index contributed by atoms with van der Waals surface area (Å²) in [4.78, 5) is 13.9. The molecule has 0 radical (unpaired) electrons. The zero-order chi connectivity index (χ0) is 16.8. The van der Waals surface area contributed by atoms with Crippen LogP contribution in [0.5, 0.6) is 0 Å². The summed E-state index contributed by atoms with van der Waals surface area (Å²) < 4.78 is 0. The number of carbonyl (C=O) groups is 1. The molecule has 0 aliphatic carbocycles. The Morgan fingerprint density at radius 3 is 2.48 bits per heavy atom. The molecule has 0 saturated heterocycles. The van der Waals surface area contributed by atoms with Gasteiger partial charge in [-0.25, -0.2) is 0 Å². The van der Waals surface area contributed by atoms with E-state index in [2.05, 4.69) is 15.5 Å². The van der Waals surface area contributed by atoms with E-state index >= 15 is 0 Å². The van der Waals surface area contributed by atoms with Crippen LogP contribution >= 0.6 is 23.2 Å². The Balaban J connectivity index is 2.09. The van der Waals surface area contributed by atoms with Gasteiger partial charge in [0.1, 0.15) is 6.07 Å². The number of nitriles is 1. The number of aromatic nitrogens is 2. The summed E-state index contributed by atoms with van der Waals surface area (Å²) in [5.41, 5.74) is 0.597. The van der Waals surface area contributed by atoms with Crippen molar-refractivity contribution in [3.63, 3.8) is 0 Å². The van der Waals surface area contributed by atoms with E-state index < -0.39 is 0 Å². The van der Waals surface area contributed by atoms with Gasteiger partial charge in [-0.2, -0.15) is 5.26 Å². The fourth-order valence-corrected chi connectivity index (χ4v) is 2.37. The van der Waals surface area contributed by atoms with Crippen molar-refractivity contribution in [1.29, 1.82) is 5.26 Å². The number of nitrogens with one attached hydrogen (secondary N) is 1. The molecule has 0 bridgehead atoms. The van der Waals surface area contributed by atoms with Crippen molar-refractivity contribution in [3.05, 3.63) is 46.1 Å². The van der Waals surface area contributed by atoms with Crippen molar-refractivity contribution in [2.45, 2.75) is 6.92 Å². The van der Waals surface area contributed by atoms with Crippen LogP contribution in [0.1, 0.15) is 12.6 Å². The molecule has 1 aromatic heterocycles. The first-order valence-corrected chi connectivity index (χ1v) is 7.53. The highest BCUT2D eigenvalue weighted by Crippen LogP contribution is 2.29. The minimum absolute atomic E-state index is 0.0542. The first kappa shape index (κ1) is 17.0. The number of anilines is 2. The molecule has 23 heavy (non-hydrogen) atoms. The number of benzene rings is 1. The number of rotatable bonds is 5. The highest BCUT2D eigenvalue weighted by atomic mass is 35.5. The molecule has 8 heteroatoms. The van der Waals surface area contributed by atoms with Crippen molar-refractivity contribution in [2.24, 2.45) is 0 Å². The zero-order valence-corrected chi connectivity index (χ0v) is 13.8. The Labute approximate surface area is 143 Å². The lowest BCUT2D eigenvalue weighted by Gasteiger charge is -2.21. The van der Waals surface area contributed by atoms with Gasteiger partial charge in [-0.1, -0.05) is 29.3 Å². The summed E-state index contributed by atoms with van der Waals surface area (Å²) >= 11 is 12.1. The smallest absolute Gasteiger partial charge is 0.244 e. The second kappa shape index (κ2) is 7.77. The van der Waals surface area contributed by atoms with Gasteiger partial charge in [0, 0.05) is 6.54 Å². The zero-order valence-electron chi connectivity index (χ0n) is 12.3. The molecular formula is C15H13Cl2N5O. The Hall–Kier alpha value is -2.36. The highest BCUT2D eigenvalue weighted by molar-refractivity contribution is 6.39. The van der Waals surface area contributed by atoms with E-state index in [4.69, 9.17) is 28.5 Å². The van der Waals surface area contributed by atoms with Crippen molar-refractivity contribution < 1.29 is 4.79 Å². The molecule has 1 aromatic carbocycles. The predicted octanol–water partition coefficient (Wildman–Crippen LogP) is 3.12. The number of halogens is 2. The van der Waals surface area contributed by atoms with E-state index in [-0.39, 0.29) is 18.1 Å². The Morgan fingerprint density at radius 2 is 1.96 bits per heavy atom. The number of nitrogens with zero attached hydrogens (tertiary/aromatic N) is 4. The van der Waals surface area contributed by atoms with Crippen molar-refractivity contribution in [2.75, 3.05) is 23.3 Å².